The fraction of sp³-hybridized carbons (Fsp3) is 0.467. The van der Waals surface area contributed by atoms with Crippen LogP contribution in [0.4, 0.5) is 0 Å². The molecule has 2 aromatic heterocycles. The molecule has 0 radical (unpaired) electrons. The van der Waals surface area contributed by atoms with Crippen molar-refractivity contribution >= 4 is 17.5 Å². The van der Waals surface area contributed by atoms with E-state index in [0.717, 1.165) is 18.7 Å². The van der Waals surface area contributed by atoms with Crippen molar-refractivity contribution in [3.63, 3.8) is 0 Å². The number of nitrogens with one attached hydrogen (secondary N) is 1. The SMILES string of the molecule is Cc1cnc2c(C(=O)N3CCN4CCNC(=O)C4C3)cnn2c1. The molecular formula is C15H18N6O2. The fourth-order valence-corrected chi connectivity index (χ4v) is 3.25. The van der Waals surface area contributed by atoms with Crippen LogP contribution in [0, 0.1) is 6.92 Å². The average Bonchev–Trinajstić information content (AvgIpc) is 2.97. The third kappa shape index (κ3) is 2.35. The van der Waals surface area contributed by atoms with Crippen molar-refractivity contribution in [3.05, 3.63) is 29.7 Å². The lowest BCUT2D eigenvalue weighted by molar-refractivity contribution is -0.131. The lowest BCUT2D eigenvalue weighted by atomic mass is 10.1. The molecule has 2 amide bonds. The summed E-state index contributed by atoms with van der Waals surface area (Å²) in [5.41, 5.74) is 2.01. The van der Waals surface area contributed by atoms with Crippen LogP contribution in [0.2, 0.25) is 0 Å². The zero-order valence-electron chi connectivity index (χ0n) is 12.9. The number of aromatic nitrogens is 3. The molecule has 0 bridgehead atoms. The number of amides is 2. The number of rotatable bonds is 1. The van der Waals surface area contributed by atoms with Gasteiger partial charge in [-0.05, 0) is 12.5 Å². The third-order valence-electron chi connectivity index (χ3n) is 4.50. The molecule has 2 aromatic rings. The van der Waals surface area contributed by atoms with Crippen molar-refractivity contribution in [2.24, 2.45) is 0 Å². The number of aryl methyl sites for hydroxylation is 1. The molecule has 2 aliphatic heterocycles. The van der Waals surface area contributed by atoms with Crippen LogP contribution >= 0.6 is 0 Å². The highest BCUT2D eigenvalue weighted by molar-refractivity contribution is 6.00. The van der Waals surface area contributed by atoms with E-state index >= 15 is 0 Å². The predicted molar refractivity (Wildman–Crippen MR) is 82.0 cm³/mol. The minimum absolute atomic E-state index is 0.00219. The number of hydrogen-bond acceptors (Lipinski definition) is 5. The third-order valence-corrected chi connectivity index (χ3v) is 4.50. The fourth-order valence-electron chi connectivity index (χ4n) is 3.25. The minimum Gasteiger partial charge on any atom is -0.353 e. The summed E-state index contributed by atoms with van der Waals surface area (Å²) in [6, 6.07) is -0.251. The second-order valence-electron chi connectivity index (χ2n) is 6.05. The zero-order chi connectivity index (χ0) is 16.0. The van der Waals surface area contributed by atoms with Gasteiger partial charge in [0.1, 0.15) is 11.6 Å². The maximum absolute atomic E-state index is 12.8. The number of carbonyl (C=O) groups is 2. The molecule has 0 spiro atoms. The van der Waals surface area contributed by atoms with Crippen molar-refractivity contribution in [1.82, 2.24) is 29.7 Å². The molecule has 2 saturated heterocycles. The monoisotopic (exact) mass is 314 g/mol. The highest BCUT2D eigenvalue weighted by atomic mass is 16.2. The Hall–Kier alpha value is -2.48. The Balaban J connectivity index is 1.60. The number of fused-ring (bicyclic) bond motifs is 2. The van der Waals surface area contributed by atoms with Crippen LogP contribution in [0.3, 0.4) is 0 Å². The first-order valence-electron chi connectivity index (χ1n) is 7.74. The first-order chi connectivity index (χ1) is 11.1. The van der Waals surface area contributed by atoms with Crippen LogP contribution in [0.25, 0.3) is 5.65 Å². The lowest BCUT2D eigenvalue weighted by Gasteiger charge is -2.42. The number of piperazine rings is 2. The number of hydrogen-bond donors (Lipinski definition) is 1. The van der Waals surface area contributed by atoms with Crippen LogP contribution < -0.4 is 5.32 Å². The van der Waals surface area contributed by atoms with Crippen LogP contribution in [-0.4, -0.2) is 75.0 Å². The van der Waals surface area contributed by atoms with E-state index in [9.17, 15) is 9.59 Å². The molecule has 120 valence electrons. The molecular weight excluding hydrogens is 296 g/mol. The summed E-state index contributed by atoms with van der Waals surface area (Å²) >= 11 is 0. The van der Waals surface area contributed by atoms with Crippen LogP contribution in [0.5, 0.6) is 0 Å². The Labute approximate surface area is 133 Å². The molecule has 23 heavy (non-hydrogen) atoms. The van der Waals surface area contributed by atoms with Crippen molar-refractivity contribution in [3.8, 4) is 0 Å². The summed E-state index contributed by atoms with van der Waals surface area (Å²) < 4.78 is 1.62. The van der Waals surface area contributed by atoms with E-state index in [1.54, 1.807) is 21.8 Å². The molecule has 2 fully saturated rings. The van der Waals surface area contributed by atoms with Gasteiger partial charge < -0.3 is 10.2 Å². The van der Waals surface area contributed by atoms with E-state index in [2.05, 4.69) is 20.3 Å². The lowest BCUT2D eigenvalue weighted by Crippen LogP contribution is -2.64. The zero-order valence-corrected chi connectivity index (χ0v) is 12.9. The molecule has 4 rings (SSSR count). The van der Waals surface area contributed by atoms with Gasteiger partial charge in [-0.15, -0.1) is 0 Å². The smallest absolute Gasteiger partial charge is 0.259 e. The van der Waals surface area contributed by atoms with Crippen molar-refractivity contribution < 1.29 is 9.59 Å². The largest absolute Gasteiger partial charge is 0.353 e. The topological polar surface area (TPSA) is 82.8 Å². The highest BCUT2D eigenvalue weighted by Gasteiger charge is 2.37. The Morgan fingerprint density at radius 2 is 2.17 bits per heavy atom. The normalized spacial score (nSPS) is 22.0. The van der Waals surface area contributed by atoms with Crippen molar-refractivity contribution in [2.45, 2.75) is 13.0 Å². The maximum Gasteiger partial charge on any atom is 0.259 e. The summed E-state index contributed by atoms with van der Waals surface area (Å²) in [4.78, 5) is 33.0. The van der Waals surface area contributed by atoms with Gasteiger partial charge in [0.15, 0.2) is 5.65 Å². The molecule has 8 nitrogen and oxygen atoms in total. The van der Waals surface area contributed by atoms with Gasteiger partial charge in [0.25, 0.3) is 5.91 Å². The second kappa shape index (κ2) is 5.31. The van der Waals surface area contributed by atoms with Gasteiger partial charge in [0.2, 0.25) is 5.91 Å². The van der Waals surface area contributed by atoms with E-state index in [1.807, 2.05) is 13.1 Å². The molecule has 0 aliphatic carbocycles. The minimum atomic E-state index is -0.251. The summed E-state index contributed by atoms with van der Waals surface area (Å²) in [5.74, 6) is -0.114. The standard InChI is InChI=1S/C15H18N6O2/c1-10-6-17-13-11(7-18-21(13)8-10)15(23)20-5-4-19-3-2-16-14(22)12(19)9-20/h6-8,12H,2-5,9H2,1H3,(H,16,22). The summed E-state index contributed by atoms with van der Waals surface area (Å²) in [6.45, 7) is 5.20. The number of carbonyl (C=O) groups excluding carboxylic acids is 2. The van der Waals surface area contributed by atoms with Gasteiger partial charge in [-0.1, -0.05) is 0 Å². The van der Waals surface area contributed by atoms with Crippen LogP contribution in [0.15, 0.2) is 18.6 Å². The van der Waals surface area contributed by atoms with E-state index in [1.165, 1.54) is 0 Å². The molecule has 1 unspecified atom stereocenters. The molecule has 2 aliphatic rings. The molecule has 1 N–H and O–H groups in total. The molecule has 1 atom stereocenters. The summed E-state index contributed by atoms with van der Waals surface area (Å²) in [6.07, 6.45) is 5.11. The van der Waals surface area contributed by atoms with Gasteiger partial charge in [-0.25, -0.2) is 9.50 Å². The van der Waals surface area contributed by atoms with Gasteiger partial charge in [-0.3, -0.25) is 14.5 Å². The Kier molecular flexibility index (Phi) is 3.26. The van der Waals surface area contributed by atoms with E-state index in [4.69, 9.17) is 0 Å². The van der Waals surface area contributed by atoms with E-state index < -0.39 is 0 Å². The Morgan fingerprint density at radius 1 is 1.30 bits per heavy atom. The average molecular weight is 314 g/mol. The van der Waals surface area contributed by atoms with Crippen LogP contribution in [-0.2, 0) is 4.79 Å². The predicted octanol–water partition coefficient (Wildman–Crippen LogP) is -0.706. The highest BCUT2D eigenvalue weighted by Crippen LogP contribution is 2.17. The molecule has 4 heterocycles. The van der Waals surface area contributed by atoms with E-state index in [-0.39, 0.29) is 17.9 Å². The van der Waals surface area contributed by atoms with Crippen molar-refractivity contribution in [1.29, 1.82) is 0 Å². The van der Waals surface area contributed by atoms with Gasteiger partial charge in [0.05, 0.1) is 6.20 Å². The molecule has 0 saturated carbocycles. The van der Waals surface area contributed by atoms with Gasteiger partial charge in [-0.2, -0.15) is 5.10 Å². The van der Waals surface area contributed by atoms with Gasteiger partial charge >= 0.3 is 0 Å². The summed E-state index contributed by atoms with van der Waals surface area (Å²) in [7, 11) is 0. The first kappa shape index (κ1) is 14.1. The second-order valence-corrected chi connectivity index (χ2v) is 6.05. The number of nitrogens with zero attached hydrogens (tertiary/aromatic N) is 5. The van der Waals surface area contributed by atoms with Crippen LogP contribution in [0.1, 0.15) is 15.9 Å². The first-order valence-corrected chi connectivity index (χ1v) is 7.74. The summed E-state index contributed by atoms with van der Waals surface area (Å²) in [5, 5.41) is 7.07. The van der Waals surface area contributed by atoms with E-state index in [0.29, 0.717) is 30.8 Å². The Morgan fingerprint density at radius 3 is 3.04 bits per heavy atom. The maximum atomic E-state index is 12.8. The van der Waals surface area contributed by atoms with Gasteiger partial charge in [0, 0.05) is 45.1 Å². The molecule has 8 heteroatoms. The molecule has 0 aromatic carbocycles. The van der Waals surface area contributed by atoms with Crippen molar-refractivity contribution in [2.75, 3.05) is 32.7 Å². The quantitative estimate of drug-likeness (QED) is 0.752. The Bertz CT molecular complexity index is 785.